The van der Waals surface area contributed by atoms with Gasteiger partial charge in [-0.05, 0) is 36.8 Å². The van der Waals surface area contributed by atoms with Crippen molar-refractivity contribution in [3.63, 3.8) is 0 Å². The number of aliphatic hydroxyl groups excluding tert-OH is 1. The van der Waals surface area contributed by atoms with Gasteiger partial charge in [0.25, 0.3) is 0 Å². The highest BCUT2D eigenvalue weighted by atomic mass is 16.3. The van der Waals surface area contributed by atoms with Gasteiger partial charge in [-0.15, -0.1) is 0 Å². The summed E-state index contributed by atoms with van der Waals surface area (Å²) in [6.07, 6.45) is 2.64. The van der Waals surface area contributed by atoms with Gasteiger partial charge in [-0.1, -0.05) is 32.0 Å². The van der Waals surface area contributed by atoms with Gasteiger partial charge in [0.1, 0.15) is 0 Å². The van der Waals surface area contributed by atoms with Crippen molar-refractivity contribution in [1.82, 2.24) is 5.32 Å². The Kier molecular flexibility index (Phi) is 7.09. The predicted octanol–water partition coefficient (Wildman–Crippen LogP) is 2.40. The van der Waals surface area contributed by atoms with Crippen LogP contribution in [0.4, 0.5) is 5.69 Å². The maximum absolute atomic E-state index is 11.9. The van der Waals surface area contributed by atoms with Crippen LogP contribution < -0.4 is 10.6 Å². The lowest BCUT2D eigenvalue weighted by Crippen LogP contribution is -2.40. The van der Waals surface area contributed by atoms with Crippen LogP contribution in [0.3, 0.4) is 0 Å². The van der Waals surface area contributed by atoms with E-state index in [-0.39, 0.29) is 24.5 Å². The predicted molar refractivity (Wildman–Crippen MR) is 82.7 cm³/mol. The molecule has 4 nitrogen and oxygen atoms in total. The Bertz CT molecular complexity index is 389. The monoisotopic (exact) mass is 278 g/mol. The minimum atomic E-state index is -0.0157. The molecular formula is C16H26N2O2. The zero-order valence-corrected chi connectivity index (χ0v) is 12.5. The number of hydrogen-bond donors (Lipinski definition) is 3. The molecule has 1 amide bonds. The molecule has 0 saturated heterocycles. The SMILES string of the molecule is CCC(CC)(CCO)CNC(=O)CNc1ccccc1. The van der Waals surface area contributed by atoms with E-state index in [1.54, 1.807) is 0 Å². The van der Waals surface area contributed by atoms with Crippen LogP contribution in [-0.2, 0) is 4.79 Å². The summed E-state index contributed by atoms with van der Waals surface area (Å²) in [7, 11) is 0. The number of para-hydroxylation sites is 1. The second-order valence-corrected chi connectivity index (χ2v) is 5.18. The third-order valence-electron chi connectivity index (χ3n) is 4.03. The molecule has 112 valence electrons. The summed E-state index contributed by atoms with van der Waals surface area (Å²) < 4.78 is 0. The number of aliphatic hydroxyl groups is 1. The minimum Gasteiger partial charge on any atom is -0.396 e. The van der Waals surface area contributed by atoms with Gasteiger partial charge in [-0.2, -0.15) is 0 Å². The van der Waals surface area contributed by atoms with Crippen LogP contribution in [0.2, 0.25) is 0 Å². The lowest BCUT2D eigenvalue weighted by atomic mass is 9.79. The van der Waals surface area contributed by atoms with Gasteiger partial charge >= 0.3 is 0 Å². The van der Waals surface area contributed by atoms with E-state index >= 15 is 0 Å². The van der Waals surface area contributed by atoms with Crippen molar-refractivity contribution in [1.29, 1.82) is 0 Å². The maximum Gasteiger partial charge on any atom is 0.239 e. The topological polar surface area (TPSA) is 61.4 Å². The second-order valence-electron chi connectivity index (χ2n) is 5.18. The van der Waals surface area contributed by atoms with Crippen LogP contribution in [0.15, 0.2) is 30.3 Å². The Labute approximate surface area is 121 Å². The molecule has 0 aliphatic rings. The third-order valence-corrected chi connectivity index (χ3v) is 4.03. The van der Waals surface area contributed by atoms with E-state index < -0.39 is 0 Å². The molecule has 1 rings (SSSR count). The van der Waals surface area contributed by atoms with Gasteiger partial charge in [0, 0.05) is 18.8 Å². The standard InChI is InChI=1S/C16H26N2O2/c1-3-16(4-2,10-11-19)13-18-15(20)12-17-14-8-6-5-7-9-14/h5-9,17,19H,3-4,10-13H2,1-2H3,(H,18,20). The van der Waals surface area contributed by atoms with Crippen molar-refractivity contribution in [2.24, 2.45) is 5.41 Å². The van der Waals surface area contributed by atoms with E-state index in [1.807, 2.05) is 30.3 Å². The summed E-state index contributed by atoms with van der Waals surface area (Å²) in [4.78, 5) is 11.9. The highest BCUT2D eigenvalue weighted by molar-refractivity contribution is 5.80. The molecule has 4 heteroatoms. The minimum absolute atomic E-state index is 0.0111. The molecule has 0 aromatic heterocycles. The van der Waals surface area contributed by atoms with Gasteiger partial charge in [0.15, 0.2) is 0 Å². The lowest BCUT2D eigenvalue weighted by Gasteiger charge is -2.31. The van der Waals surface area contributed by atoms with Crippen LogP contribution in [0.5, 0.6) is 0 Å². The van der Waals surface area contributed by atoms with Crippen LogP contribution >= 0.6 is 0 Å². The van der Waals surface area contributed by atoms with Crippen LogP contribution in [-0.4, -0.2) is 30.7 Å². The number of anilines is 1. The molecule has 0 aliphatic carbocycles. The van der Waals surface area contributed by atoms with Gasteiger partial charge in [0.2, 0.25) is 5.91 Å². The third kappa shape index (κ3) is 5.21. The Morgan fingerprint density at radius 2 is 1.85 bits per heavy atom. The summed E-state index contributed by atoms with van der Waals surface area (Å²) in [6, 6.07) is 9.67. The fraction of sp³-hybridized carbons (Fsp3) is 0.562. The van der Waals surface area contributed by atoms with Crippen LogP contribution in [0.1, 0.15) is 33.1 Å². The van der Waals surface area contributed by atoms with Crippen molar-refractivity contribution in [3.05, 3.63) is 30.3 Å². The van der Waals surface area contributed by atoms with E-state index in [4.69, 9.17) is 5.11 Å². The molecular weight excluding hydrogens is 252 g/mol. The average molecular weight is 278 g/mol. The Morgan fingerprint density at radius 1 is 1.20 bits per heavy atom. The van der Waals surface area contributed by atoms with Crippen LogP contribution in [0, 0.1) is 5.41 Å². The molecule has 0 atom stereocenters. The van der Waals surface area contributed by atoms with E-state index in [1.165, 1.54) is 0 Å². The Morgan fingerprint density at radius 3 is 2.40 bits per heavy atom. The average Bonchev–Trinajstić information content (AvgIpc) is 2.50. The van der Waals surface area contributed by atoms with Crippen molar-refractivity contribution in [2.45, 2.75) is 33.1 Å². The summed E-state index contributed by atoms with van der Waals surface area (Å²) in [5, 5.41) is 15.2. The fourth-order valence-corrected chi connectivity index (χ4v) is 2.27. The molecule has 0 heterocycles. The number of hydrogen-bond acceptors (Lipinski definition) is 3. The first-order valence-corrected chi connectivity index (χ1v) is 7.32. The Balaban J connectivity index is 2.38. The molecule has 3 N–H and O–H groups in total. The quantitative estimate of drug-likeness (QED) is 0.650. The first kappa shape index (κ1) is 16.5. The zero-order valence-electron chi connectivity index (χ0n) is 12.5. The van der Waals surface area contributed by atoms with E-state index in [2.05, 4.69) is 24.5 Å². The number of nitrogens with one attached hydrogen (secondary N) is 2. The maximum atomic E-state index is 11.9. The molecule has 1 aromatic rings. The van der Waals surface area contributed by atoms with Crippen LogP contribution in [0.25, 0.3) is 0 Å². The van der Waals surface area contributed by atoms with Crippen molar-refractivity contribution in [2.75, 3.05) is 25.0 Å². The highest BCUT2D eigenvalue weighted by Crippen LogP contribution is 2.29. The Hall–Kier alpha value is -1.55. The first-order valence-electron chi connectivity index (χ1n) is 7.32. The number of carbonyl (C=O) groups is 1. The van der Waals surface area contributed by atoms with Gasteiger partial charge in [0.05, 0.1) is 6.54 Å². The molecule has 0 aliphatic heterocycles. The zero-order chi connectivity index (χ0) is 14.8. The molecule has 0 fully saturated rings. The van der Waals surface area contributed by atoms with Gasteiger partial charge in [-0.25, -0.2) is 0 Å². The van der Waals surface area contributed by atoms with Gasteiger partial charge in [-0.3, -0.25) is 4.79 Å². The largest absolute Gasteiger partial charge is 0.396 e. The highest BCUT2D eigenvalue weighted by Gasteiger charge is 2.25. The first-order chi connectivity index (χ1) is 9.65. The van der Waals surface area contributed by atoms with Crippen molar-refractivity contribution in [3.8, 4) is 0 Å². The normalized spacial score (nSPS) is 11.2. The number of benzene rings is 1. The van der Waals surface area contributed by atoms with E-state index in [9.17, 15) is 4.79 Å². The molecule has 0 saturated carbocycles. The number of carbonyl (C=O) groups excluding carboxylic acids is 1. The number of rotatable bonds is 9. The lowest BCUT2D eigenvalue weighted by molar-refractivity contribution is -0.120. The number of amides is 1. The summed E-state index contributed by atoms with van der Waals surface area (Å²) in [6.45, 7) is 5.27. The van der Waals surface area contributed by atoms with E-state index in [0.29, 0.717) is 6.54 Å². The van der Waals surface area contributed by atoms with E-state index in [0.717, 1.165) is 24.9 Å². The second kappa shape index (κ2) is 8.59. The fourth-order valence-electron chi connectivity index (χ4n) is 2.27. The molecule has 0 unspecified atom stereocenters. The molecule has 0 spiro atoms. The van der Waals surface area contributed by atoms with Crippen molar-refractivity contribution >= 4 is 11.6 Å². The van der Waals surface area contributed by atoms with Crippen molar-refractivity contribution < 1.29 is 9.90 Å². The summed E-state index contributed by atoms with van der Waals surface area (Å²) in [5.74, 6) is -0.0157. The van der Waals surface area contributed by atoms with Gasteiger partial charge < -0.3 is 15.7 Å². The summed E-state index contributed by atoms with van der Waals surface area (Å²) in [5.41, 5.74) is 0.951. The molecule has 20 heavy (non-hydrogen) atoms. The molecule has 0 radical (unpaired) electrons. The smallest absolute Gasteiger partial charge is 0.239 e. The summed E-state index contributed by atoms with van der Waals surface area (Å²) >= 11 is 0. The molecule has 0 bridgehead atoms. The molecule has 1 aromatic carbocycles.